The van der Waals surface area contributed by atoms with Crippen LogP contribution in [0.2, 0.25) is 0 Å². The van der Waals surface area contributed by atoms with Crippen LogP contribution in [0.1, 0.15) is 48.7 Å². The van der Waals surface area contributed by atoms with Crippen LogP contribution in [-0.2, 0) is 4.79 Å². The fourth-order valence-corrected chi connectivity index (χ4v) is 2.62. The summed E-state index contributed by atoms with van der Waals surface area (Å²) in [5.74, 6) is -2.20. The molecule has 1 aromatic heterocycles. The third-order valence-electron chi connectivity index (χ3n) is 4.53. The van der Waals surface area contributed by atoms with Gasteiger partial charge < -0.3 is 10.4 Å². The van der Waals surface area contributed by atoms with Gasteiger partial charge in [0.15, 0.2) is 0 Å². The lowest BCUT2D eigenvalue weighted by atomic mass is 10.0. The molecule has 2 N–H and O–H groups in total. The Morgan fingerprint density at radius 1 is 1.29 bits per heavy atom. The van der Waals surface area contributed by atoms with Crippen molar-refractivity contribution < 1.29 is 19.1 Å². The number of benzene rings is 1. The molecule has 1 fully saturated rings. The van der Waals surface area contributed by atoms with Gasteiger partial charge >= 0.3 is 5.97 Å². The first-order chi connectivity index (χ1) is 11.4. The maximum absolute atomic E-state index is 13.6. The van der Waals surface area contributed by atoms with E-state index in [0.29, 0.717) is 22.4 Å². The summed E-state index contributed by atoms with van der Waals surface area (Å²) in [5, 5.41) is 12.2. The number of pyridine rings is 1. The molecule has 2 aromatic rings. The summed E-state index contributed by atoms with van der Waals surface area (Å²) in [5.41, 5.74) is 1.74. The largest absolute Gasteiger partial charge is 0.481 e. The molecule has 1 aliphatic carbocycles. The first kappa shape index (κ1) is 16.4. The number of amides is 1. The molecular weight excluding hydrogens is 311 g/mol. The minimum Gasteiger partial charge on any atom is -0.481 e. The van der Waals surface area contributed by atoms with E-state index in [1.54, 1.807) is 19.1 Å². The molecule has 5 nitrogen and oxygen atoms in total. The minimum atomic E-state index is -0.980. The molecule has 1 heterocycles. The van der Waals surface area contributed by atoms with Gasteiger partial charge in [-0.3, -0.25) is 14.6 Å². The third-order valence-corrected chi connectivity index (χ3v) is 4.53. The zero-order chi connectivity index (χ0) is 17.4. The number of hydrogen-bond donors (Lipinski definition) is 2. The van der Waals surface area contributed by atoms with Gasteiger partial charge in [-0.25, -0.2) is 4.39 Å². The van der Waals surface area contributed by atoms with Crippen LogP contribution in [-0.4, -0.2) is 28.0 Å². The van der Waals surface area contributed by atoms with Gasteiger partial charge in [0.25, 0.3) is 5.91 Å². The molecule has 0 bridgehead atoms. The maximum Gasteiger partial charge on any atom is 0.308 e. The lowest BCUT2D eigenvalue weighted by Gasteiger charge is -2.18. The first-order valence-corrected chi connectivity index (χ1v) is 8.00. The van der Waals surface area contributed by atoms with Crippen molar-refractivity contribution >= 4 is 22.8 Å². The van der Waals surface area contributed by atoms with Crippen molar-refractivity contribution in [3.8, 4) is 0 Å². The second kappa shape index (κ2) is 6.19. The van der Waals surface area contributed by atoms with Crippen LogP contribution in [0.25, 0.3) is 10.9 Å². The van der Waals surface area contributed by atoms with Crippen LogP contribution < -0.4 is 5.32 Å². The van der Waals surface area contributed by atoms with Crippen molar-refractivity contribution in [1.29, 1.82) is 0 Å². The van der Waals surface area contributed by atoms with Gasteiger partial charge in [0, 0.05) is 23.0 Å². The Morgan fingerprint density at radius 2 is 2.00 bits per heavy atom. The van der Waals surface area contributed by atoms with Gasteiger partial charge in [-0.2, -0.15) is 0 Å². The van der Waals surface area contributed by atoms with Gasteiger partial charge in [0.1, 0.15) is 5.82 Å². The number of rotatable bonds is 5. The fraction of sp³-hybridized carbons (Fsp3) is 0.389. The van der Waals surface area contributed by atoms with Crippen molar-refractivity contribution in [2.24, 2.45) is 5.92 Å². The van der Waals surface area contributed by atoms with Crippen molar-refractivity contribution in [1.82, 2.24) is 10.3 Å². The lowest BCUT2D eigenvalue weighted by Crippen LogP contribution is -2.40. The van der Waals surface area contributed by atoms with E-state index in [1.165, 1.54) is 19.1 Å². The van der Waals surface area contributed by atoms with Crippen LogP contribution in [0.5, 0.6) is 0 Å². The smallest absolute Gasteiger partial charge is 0.308 e. The number of nitrogens with zero attached hydrogens (tertiary/aromatic N) is 1. The highest BCUT2D eigenvalue weighted by atomic mass is 19.1. The highest BCUT2D eigenvalue weighted by Crippen LogP contribution is 2.40. The van der Waals surface area contributed by atoms with E-state index in [4.69, 9.17) is 5.11 Å². The van der Waals surface area contributed by atoms with Gasteiger partial charge in [-0.1, -0.05) is 0 Å². The predicted octanol–water partition coefficient (Wildman–Crippen LogP) is 3.09. The number of aliphatic carboxylic acids is 1. The summed E-state index contributed by atoms with van der Waals surface area (Å²) >= 11 is 0. The molecule has 126 valence electrons. The number of carbonyl (C=O) groups excluding carboxylic acids is 1. The number of aromatic nitrogens is 1. The number of hydrogen-bond acceptors (Lipinski definition) is 3. The topological polar surface area (TPSA) is 79.3 Å². The van der Waals surface area contributed by atoms with E-state index in [9.17, 15) is 14.0 Å². The molecule has 0 spiro atoms. The molecule has 0 saturated heterocycles. The summed E-state index contributed by atoms with van der Waals surface area (Å²) in [6.45, 7) is 3.18. The van der Waals surface area contributed by atoms with Crippen molar-refractivity contribution in [3.63, 3.8) is 0 Å². The predicted molar refractivity (Wildman–Crippen MR) is 87.4 cm³/mol. The highest BCUT2D eigenvalue weighted by Gasteiger charge is 2.28. The van der Waals surface area contributed by atoms with Crippen molar-refractivity contribution in [2.45, 2.75) is 38.6 Å². The van der Waals surface area contributed by atoms with E-state index >= 15 is 0 Å². The number of carbonyl (C=O) groups is 2. The zero-order valence-electron chi connectivity index (χ0n) is 13.5. The zero-order valence-corrected chi connectivity index (χ0v) is 13.5. The molecule has 1 amide bonds. The van der Waals surface area contributed by atoms with Gasteiger partial charge in [-0.15, -0.1) is 0 Å². The quantitative estimate of drug-likeness (QED) is 0.883. The standard InChI is InChI=1S/C18H19FN2O3/c1-9(18(23)24)10(2)20-17(22)14-8-16(11-3-4-11)21-15-6-5-12(19)7-13(14)15/h5-11H,3-4H2,1-2H3,(H,20,22)(H,23,24). The maximum atomic E-state index is 13.6. The number of carboxylic acids is 1. The Hall–Kier alpha value is -2.50. The molecule has 6 heteroatoms. The van der Waals surface area contributed by atoms with E-state index in [1.807, 2.05) is 0 Å². The Morgan fingerprint density at radius 3 is 2.62 bits per heavy atom. The number of fused-ring (bicyclic) bond motifs is 1. The molecule has 1 saturated carbocycles. The van der Waals surface area contributed by atoms with Crippen LogP contribution in [0.3, 0.4) is 0 Å². The molecule has 0 radical (unpaired) electrons. The average molecular weight is 330 g/mol. The summed E-state index contributed by atoms with van der Waals surface area (Å²) in [6, 6.07) is 5.34. The molecule has 24 heavy (non-hydrogen) atoms. The second-order valence-corrected chi connectivity index (χ2v) is 6.42. The van der Waals surface area contributed by atoms with E-state index < -0.39 is 29.7 Å². The highest BCUT2D eigenvalue weighted by molar-refractivity contribution is 6.06. The molecule has 1 aromatic carbocycles. The second-order valence-electron chi connectivity index (χ2n) is 6.42. The van der Waals surface area contributed by atoms with Crippen LogP contribution >= 0.6 is 0 Å². The molecule has 1 aliphatic rings. The Labute approximate surface area is 138 Å². The lowest BCUT2D eigenvalue weighted by molar-refractivity contribution is -0.141. The summed E-state index contributed by atoms with van der Waals surface area (Å²) in [7, 11) is 0. The number of carboxylic acid groups (broad SMARTS) is 1. The van der Waals surface area contributed by atoms with Gasteiger partial charge in [0.2, 0.25) is 0 Å². The number of nitrogens with one attached hydrogen (secondary N) is 1. The molecular formula is C18H19FN2O3. The fourth-order valence-electron chi connectivity index (χ4n) is 2.62. The normalized spacial score (nSPS) is 16.6. The van der Waals surface area contributed by atoms with Crippen molar-refractivity contribution in [2.75, 3.05) is 0 Å². The van der Waals surface area contributed by atoms with E-state index in [-0.39, 0.29) is 0 Å². The third kappa shape index (κ3) is 3.22. The van der Waals surface area contributed by atoms with Crippen LogP contribution in [0.15, 0.2) is 24.3 Å². The van der Waals surface area contributed by atoms with E-state index in [0.717, 1.165) is 18.5 Å². The van der Waals surface area contributed by atoms with Gasteiger partial charge in [0.05, 0.1) is 17.0 Å². The SMILES string of the molecule is CC(NC(=O)c1cc(C2CC2)nc2ccc(F)cc12)C(C)C(=O)O. The summed E-state index contributed by atoms with van der Waals surface area (Å²) in [4.78, 5) is 28.2. The van der Waals surface area contributed by atoms with Crippen molar-refractivity contribution in [3.05, 3.63) is 41.3 Å². The first-order valence-electron chi connectivity index (χ1n) is 8.00. The monoisotopic (exact) mass is 330 g/mol. The molecule has 2 unspecified atom stereocenters. The number of halogens is 1. The molecule has 0 aliphatic heterocycles. The van der Waals surface area contributed by atoms with Crippen LogP contribution in [0.4, 0.5) is 4.39 Å². The van der Waals surface area contributed by atoms with Gasteiger partial charge in [-0.05, 0) is 51.0 Å². The van der Waals surface area contributed by atoms with E-state index in [2.05, 4.69) is 10.3 Å². The average Bonchev–Trinajstić information content (AvgIpc) is 3.37. The molecule has 3 rings (SSSR count). The van der Waals surface area contributed by atoms with Crippen LogP contribution in [0, 0.1) is 11.7 Å². The Kier molecular flexibility index (Phi) is 4.22. The Bertz CT molecular complexity index is 817. The Balaban J connectivity index is 1.98. The summed E-state index contributed by atoms with van der Waals surface area (Å²) in [6.07, 6.45) is 2.07. The molecule has 2 atom stereocenters. The summed E-state index contributed by atoms with van der Waals surface area (Å²) < 4.78 is 13.6. The minimum absolute atomic E-state index is 0.339.